The lowest BCUT2D eigenvalue weighted by Crippen LogP contribution is -2.72. The second-order valence-electron chi connectivity index (χ2n) is 17.4. The van der Waals surface area contributed by atoms with Gasteiger partial charge in [-0.1, -0.05) is 35.5 Å². The third-order valence-electron chi connectivity index (χ3n) is 12.5. The fourth-order valence-electron chi connectivity index (χ4n) is 9.67. The largest absolute Gasteiger partial charge is 0.506 e. The van der Waals surface area contributed by atoms with Gasteiger partial charge in [0.2, 0.25) is 5.91 Å². The van der Waals surface area contributed by atoms with Crippen molar-refractivity contribution in [1.82, 2.24) is 9.80 Å². The molecule has 7 aliphatic rings. The average molecular weight is 725 g/mol. The van der Waals surface area contributed by atoms with Gasteiger partial charge in [-0.05, 0) is 113 Å². The number of allylic oxidation sites excluding steroid dienone is 5. The molecule has 5 atom stereocenters. The number of amides is 1. The molecule has 1 aromatic rings. The minimum absolute atomic E-state index is 0.0587. The first-order valence-electron chi connectivity index (χ1n) is 19.4. The lowest BCUT2D eigenvalue weighted by Gasteiger charge is -2.56. The Morgan fingerprint density at radius 3 is 2.42 bits per heavy atom. The number of likely N-dealkylation sites (N-methyl/N-ethyl adjacent to an activating group) is 1. The van der Waals surface area contributed by atoms with Gasteiger partial charge in [0, 0.05) is 54.6 Å². The number of carbonyl (C=O) groups excluding carboxylic acids is 3. The highest BCUT2D eigenvalue weighted by Crippen LogP contribution is 2.68. The number of hydrogen-bond donors (Lipinski definition) is 1. The molecule has 9 nitrogen and oxygen atoms in total. The first-order valence-corrected chi connectivity index (χ1v) is 19.4. The molecular formula is C44H56N2O7. The van der Waals surface area contributed by atoms with Crippen molar-refractivity contribution in [2.45, 2.75) is 116 Å². The molecule has 1 N–H and O–H groups in total. The summed E-state index contributed by atoms with van der Waals surface area (Å²) in [4.78, 5) is 47.6. The molecule has 1 amide bonds. The Morgan fingerprint density at radius 2 is 1.70 bits per heavy atom. The van der Waals surface area contributed by atoms with Gasteiger partial charge in [-0.15, -0.1) is 0 Å². The van der Waals surface area contributed by atoms with Crippen LogP contribution in [0, 0.1) is 11.8 Å². The molecule has 1 saturated carbocycles. The molecule has 284 valence electrons. The van der Waals surface area contributed by atoms with Crippen molar-refractivity contribution in [1.29, 1.82) is 0 Å². The molecule has 1 aromatic carbocycles. The summed E-state index contributed by atoms with van der Waals surface area (Å²) in [6, 6.07) is 0. The van der Waals surface area contributed by atoms with Gasteiger partial charge in [-0.25, -0.2) is 0 Å². The number of hydrogen-bond acceptors (Lipinski definition) is 8. The lowest BCUT2D eigenvalue weighted by atomic mass is 9.51. The van der Waals surface area contributed by atoms with E-state index in [0.29, 0.717) is 60.4 Å². The van der Waals surface area contributed by atoms with Gasteiger partial charge in [-0.2, -0.15) is 0 Å². The van der Waals surface area contributed by atoms with E-state index >= 15 is 4.79 Å². The molecule has 0 radical (unpaired) electrons. The zero-order chi connectivity index (χ0) is 38.2. The van der Waals surface area contributed by atoms with Crippen molar-refractivity contribution in [2.75, 3.05) is 33.2 Å². The Bertz CT molecular complexity index is 1920. The van der Waals surface area contributed by atoms with Crippen LogP contribution in [0.1, 0.15) is 109 Å². The number of aromatic hydroxyl groups is 1. The van der Waals surface area contributed by atoms with Gasteiger partial charge < -0.3 is 29.1 Å². The monoisotopic (exact) mass is 724 g/mol. The highest BCUT2D eigenvalue weighted by atomic mass is 16.6. The van der Waals surface area contributed by atoms with Crippen LogP contribution < -0.4 is 9.47 Å². The minimum atomic E-state index is -1.55. The van der Waals surface area contributed by atoms with E-state index in [1.165, 1.54) is 5.57 Å². The Kier molecular flexibility index (Phi) is 9.25. The molecule has 3 fully saturated rings. The van der Waals surface area contributed by atoms with E-state index in [2.05, 4.69) is 37.9 Å². The van der Waals surface area contributed by atoms with Crippen molar-refractivity contribution in [3.05, 3.63) is 69.4 Å². The quantitative estimate of drug-likeness (QED) is 0.220. The smallest absolute Gasteiger partial charge is 0.249 e. The molecular weight excluding hydrogens is 668 g/mol. The maximum atomic E-state index is 15.0. The van der Waals surface area contributed by atoms with E-state index in [1.54, 1.807) is 13.0 Å². The summed E-state index contributed by atoms with van der Waals surface area (Å²) in [7, 11) is 2.07. The van der Waals surface area contributed by atoms with E-state index in [1.807, 2.05) is 57.7 Å². The summed E-state index contributed by atoms with van der Waals surface area (Å²) in [6.07, 6.45) is 15.1. The lowest BCUT2D eigenvalue weighted by molar-refractivity contribution is -0.171. The molecule has 8 rings (SSSR count). The Morgan fingerprint density at radius 1 is 0.962 bits per heavy atom. The van der Waals surface area contributed by atoms with Gasteiger partial charge >= 0.3 is 0 Å². The van der Waals surface area contributed by atoms with Crippen LogP contribution in [0.15, 0.2) is 52.7 Å². The number of ketones is 2. The molecule has 3 aliphatic carbocycles. The summed E-state index contributed by atoms with van der Waals surface area (Å²) in [5.41, 5.74) is -0.0902. The normalized spacial score (nSPS) is 31.1. The number of ether oxygens (including phenoxy) is 3. The van der Waals surface area contributed by atoms with Crippen molar-refractivity contribution >= 4 is 23.5 Å². The maximum Gasteiger partial charge on any atom is 0.249 e. The van der Waals surface area contributed by atoms with Crippen molar-refractivity contribution in [2.24, 2.45) is 11.8 Å². The van der Waals surface area contributed by atoms with Crippen LogP contribution in [-0.4, -0.2) is 88.0 Å². The number of nitrogens with zero attached hydrogens (tertiary/aromatic N) is 2. The van der Waals surface area contributed by atoms with Crippen LogP contribution >= 0.6 is 0 Å². The molecule has 1 spiro atoms. The van der Waals surface area contributed by atoms with Crippen molar-refractivity contribution in [3.8, 4) is 17.2 Å². The Labute approximate surface area is 314 Å². The van der Waals surface area contributed by atoms with Crippen LogP contribution in [0.25, 0.3) is 6.08 Å². The number of phenolic OH excluding ortho intramolecular Hbond substituents is 1. The molecule has 4 bridgehead atoms. The van der Waals surface area contributed by atoms with Crippen molar-refractivity contribution in [3.63, 3.8) is 0 Å². The fraction of sp³-hybridized carbons (Fsp3) is 0.568. The Balaban J connectivity index is 1.36. The number of carbonyl (C=O) groups is 3. The molecule has 53 heavy (non-hydrogen) atoms. The highest BCUT2D eigenvalue weighted by Gasteiger charge is 2.81. The van der Waals surface area contributed by atoms with Crippen LogP contribution in [-0.2, 0) is 20.7 Å². The maximum absolute atomic E-state index is 15.0. The summed E-state index contributed by atoms with van der Waals surface area (Å²) < 4.78 is 21.1. The van der Waals surface area contributed by atoms with Crippen LogP contribution in [0.2, 0.25) is 0 Å². The summed E-state index contributed by atoms with van der Waals surface area (Å²) >= 11 is 0. The molecule has 4 heterocycles. The van der Waals surface area contributed by atoms with E-state index in [-0.39, 0.29) is 46.9 Å². The highest BCUT2D eigenvalue weighted by molar-refractivity contribution is 6.19. The topological polar surface area (TPSA) is 106 Å². The summed E-state index contributed by atoms with van der Waals surface area (Å²) in [5.74, 6) is -0.885. The van der Waals surface area contributed by atoms with E-state index in [0.717, 1.165) is 31.5 Å². The van der Waals surface area contributed by atoms with Gasteiger partial charge in [0.05, 0.1) is 11.2 Å². The second-order valence-corrected chi connectivity index (χ2v) is 17.4. The predicted molar refractivity (Wildman–Crippen MR) is 205 cm³/mol. The van der Waals surface area contributed by atoms with E-state index < -0.39 is 28.3 Å². The number of phenols is 1. The van der Waals surface area contributed by atoms with E-state index in [9.17, 15) is 14.7 Å². The number of benzene rings is 1. The molecule has 2 saturated heterocycles. The van der Waals surface area contributed by atoms with Crippen LogP contribution in [0.4, 0.5) is 0 Å². The zero-order valence-corrected chi connectivity index (χ0v) is 33.0. The van der Waals surface area contributed by atoms with Crippen molar-refractivity contribution < 1.29 is 33.7 Å². The van der Waals surface area contributed by atoms with Gasteiger partial charge in [0.25, 0.3) is 0 Å². The number of fused-ring (bicyclic) bond motifs is 2. The SMILES string of the molecule is CC(C)=CCCC1(C)C=Cc2c(O)c3c(c(CC=C(C)C)c2O1)OC12C(=CC4CC1C(C)(C)OC2(CC=C(C)C(=O)N1CCCN(C)CC1)C4=O)C3=O. The molecule has 0 aromatic heterocycles. The Hall–Kier alpha value is -3.95. The molecule has 4 aliphatic heterocycles. The predicted octanol–water partition coefficient (Wildman–Crippen LogP) is 7.32. The van der Waals surface area contributed by atoms with Gasteiger partial charge in [-0.3, -0.25) is 14.4 Å². The van der Waals surface area contributed by atoms with Crippen LogP contribution in [0.5, 0.6) is 17.2 Å². The first kappa shape index (κ1) is 37.4. The average Bonchev–Trinajstić information content (AvgIpc) is 3.21. The minimum Gasteiger partial charge on any atom is -0.506 e. The number of Topliss-reactive ketones (excluding diaryl/α,β-unsaturated/α-hetero) is 2. The van der Waals surface area contributed by atoms with E-state index in [4.69, 9.17) is 14.2 Å². The van der Waals surface area contributed by atoms with Gasteiger partial charge in [0.1, 0.15) is 28.4 Å². The second kappa shape index (κ2) is 13.1. The standard InChI is InChI=1S/C44H56N2O7/c1-26(2)12-10-17-42(8)18-16-30-35(47)34-36(48)32-24-29-25-33-41(6,7)53-43(39(29)49,19-15-28(5)40(50)46-21-11-20-45(9)22-23-46)44(32,33)52-38(34)31(37(30)51-42)14-13-27(3)4/h12-13,15-16,18,24,29,33,47H,10-11,14,17,19-23,25H2,1-9H3. The first-order chi connectivity index (χ1) is 24.9. The third-order valence-corrected chi connectivity index (χ3v) is 12.5. The van der Waals surface area contributed by atoms with Crippen LogP contribution in [0.3, 0.4) is 0 Å². The van der Waals surface area contributed by atoms with Gasteiger partial charge in [0.15, 0.2) is 22.8 Å². The zero-order valence-electron chi connectivity index (χ0n) is 33.0. The number of rotatable bonds is 8. The molecule has 5 unspecified atom stereocenters. The molecule has 9 heteroatoms. The third kappa shape index (κ3) is 5.84. The fourth-order valence-corrected chi connectivity index (χ4v) is 9.67. The summed E-state index contributed by atoms with van der Waals surface area (Å²) in [5, 5.41) is 12.0. The summed E-state index contributed by atoms with van der Waals surface area (Å²) in [6.45, 7) is 19.0.